The number of benzene rings is 2. The minimum absolute atomic E-state index is 0.0898. The molecule has 2 aromatic rings. The number of nitrogens with zero attached hydrogens (tertiary/aromatic N) is 3. The first-order valence-electron chi connectivity index (χ1n) is 11.0. The Balaban J connectivity index is 0.000000454. The molecule has 2 heterocycles. The number of carboxylic acid groups (broad SMARTS) is 1. The van der Waals surface area contributed by atoms with E-state index in [1.807, 2.05) is 0 Å². The Bertz CT molecular complexity index is 945. The average molecular weight is 474 g/mol. The molecule has 0 saturated carbocycles. The average Bonchev–Trinajstić information content (AvgIpc) is 2.99. The SMILES string of the molecule is CC(O)C(=O)O.OCCOCCN1CCN(C2=Nc3ccccc3Sc3ccccc32)CC1. The molecule has 0 spiro atoms. The summed E-state index contributed by atoms with van der Waals surface area (Å²) in [6, 6.07) is 16.9. The van der Waals surface area contributed by atoms with Gasteiger partial charge in [-0.2, -0.15) is 0 Å². The fourth-order valence-electron chi connectivity index (χ4n) is 3.45. The first-order chi connectivity index (χ1) is 16.0. The number of amidine groups is 1. The van der Waals surface area contributed by atoms with E-state index in [0.29, 0.717) is 13.2 Å². The number of hydrogen-bond donors (Lipinski definition) is 3. The van der Waals surface area contributed by atoms with Crippen molar-refractivity contribution in [1.29, 1.82) is 0 Å². The van der Waals surface area contributed by atoms with Crippen LogP contribution >= 0.6 is 11.8 Å². The number of para-hydroxylation sites is 1. The molecule has 178 valence electrons. The first-order valence-corrected chi connectivity index (χ1v) is 11.8. The lowest BCUT2D eigenvalue weighted by Crippen LogP contribution is -2.49. The van der Waals surface area contributed by atoms with Gasteiger partial charge < -0.3 is 25.0 Å². The maximum atomic E-state index is 9.45. The molecule has 8 nitrogen and oxygen atoms in total. The molecule has 2 aromatic carbocycles. The highest BCUT2D eigenvalue weighted by Crippen LogP contribution is 2.40. The van der Waals surface area contributed by atoms with Crippen LogP contribution in [0.2, 0.25) is 0 Å². The van der Waals surface area contributed by atoms with Gasteiger partial charge in [0.15, 0.2) is 0 Å². The van der Waals surface area contributed by atoms with E-state index in [1.165, 1.54) is 22.3 Å². The zero-order chi connectivity index (χ0) is 23.6. The van der Waals surface area contributed by atoms with Gasteiger partial charge in [-0.05, 0) is 25.1 Å². The van der Waals surface area contributed by atoms with Crippen molar-refractivity contribution in [3.8, 4) is 0 Å². The Morgan fingerprint density at radius 1 is 1.06 bits per heavy atom. The van der Waals surface area contributed by atoms with Crippen LogP contribution in [0.1, 0.15) is 12.5 Å². The number of fused-ring (bicyclic) bond motifs is 2. The van der Waals surface area contributed by atoms with Crippen molar-refractivity contribution in [3.63, 3.8) is 0 Å². The number of hydrogen-bond acceptors (Lipinski definition) is 8. The van der Waals surface area contributed by atoms with Crippen molar-refractivity contribution in [2.24, 2.45) is 4.99 Å². The van der Waals surface area contributed by atoms with Crippen LogP contribution < -0.4 is 0 Å². The lowest BCUT2D eigenvalue weighted by Gasteiger charge is -2.36. The normalized spacial score (nSPS) is 16.5. The molecular formula is C24H31N3O5S. The van der Waals surface area contributed by atoms with Gasteiger partial charge in [-0.25, -0.2) is 9.79 Å². The molecule has 0 aromatic heterocycles. The summed E-state index contributed by atoms with van der Waals surface area (Å²) in [6.45, 7) is 7.21. The van der Waals surface area contributed by atoms with E-state index in [-0.39, 0.29) is 6.61 Å². The van der Waals surface area contributed by atoms with Crippen LogP contribution in [0.5, 0.6) is 0 Å². The van der Waals surface area contributed by atoms with Crippen molar-refractivity contribution in [1.82, 2.24) is 9.80 Å². The van der Waals surface area contributed by atoms with Gasteiger partial charge in [-0.1, -0.05) is 42.1 Å². The van der Waals surface area contributed by atoms with Gasteiger partial charge in [0.25, 0.3) is 0 Å². The molecule has 33 heavy (non-hydrogen) atoms. The largest absolute Gasteiger partial charge is 0.479 e. The summed E-state index contributed by atoms with van der Waals surface area (Å²) in [5.74, 6) is -0.103. The minimum atomic E-state index is -1.23. The maximum absolute atomic E-state index is 9.45. The standard InChI is InChI=1S/C21H25N3O2S.C3H6O3/c25-14-16-26-15-13-23-9-11-24(12-10-23)21-17-5-1-3-7-19(17)27-20-8-4-2-6-18(20)22-21;1-2(4)3(5)6/h1-8,25H,9-16H2;2,4H,1H3,(H,5,6). The number of piperazine rings is 1. The molecular weight excluding hydrogens is 442 g/mol. The van der Waals surface area contributed by atoms with Crippen LogP contribution in [0.4, 0.5) is 5.69 Å². The van der Waals surface area contributed by atoms with Crippen LogP contribution in [0.25, 0.3) is 0 Å². The molecule has 1 fully saturated rings. The van der Waals surface area contributed by atoms with Gasteiger partial charge in [-0.15, -0.1) is 0 Å². The summed E-state index contributed by atoms with van der Waals surface area (Å²) < 4.78 is 5.40. The highest BCUT2D eigenvalue weighted by Gasteiger charge is 2.24. The molecule has 1 unspecified atom stereocenters. The van der Waals surface area contributed by atoms with Crippen LogP contribution in [0, 0.1) is 0 Å². The lowest BCUT2D eigenvalue weighted by atomic mass is 10.1. The Kier molecular flexibility index (Phi) is 9.71. The number of rotatable bonds is 6. The van der Waals surface area contributed by atoms with E-state index in [2.05, 4.69) is 58.3 Å². The number of aliphatic hydroxyl groups excluding tert-OH is 2. The van der Waals surface area contributed by atoms with Crippen molar-refractivity contribution in [3.05, 3.63) is 54.1 Å². The predicted molar refractivity (Wildman–Crippen MR) is 128 cm³/mol. The van der Waals surface area contributed by atoms with Gasteiger partial charge in [0.05, 0.1) is 25.5 Å². The van der Waals surface area contributed by atoms with E-state index < -0.39 is 12.1 Å². The maximum Gasteiger partial charge on any atom is 0.332 e. The number of aliphatic hydroxyl groups is 2. The fraction of sp³-hybridized carbons (Fsp3) is 0.417. The predicted octanol–water partition coefficient (Wildman–Crippen LogP) is 2.31. The van der Waals surface area contributed by atoms with Crippen LogP contribution in [0.3, 0.4) is 0 Å². The summed E-state index contributed by atoms with van der Waals surface area (Å²) in [5, 5.41) is 24.6. The molecule has 0 aliphatic carbocycles. The highest BCUT2D eigenvalue weighted by molar-refractivity contribution is 7.99. The summed E-state index contributed by atoms with van der Waals surface area (Å²) >= 11 is 1.80. The molecule has 9 heteroatoms. The van der Waals surface area contributed by atoms with Gasteiger partial charge >= 0.3 is 5.97 Å². The first kappa shape index (κ1) is 25.2. The second kappa shape index (κ2) is 12.7. The third-order valence-corrected chi connectivity index (χ3v) is 6.40. The molecule has 0 amide bonds. The smallest absolute Gasteiger partial charge is 0.332 e. The zero-order valence-electron chi connectivity index (χ0n) is 18.8. The second-order valence-electron chi connectivity index (χ2n) is 7.68. The topological polar surface area (TPSA) is 106 Å². The van der Waals surface area contributed by atoms with Crippen LogP contribution in [0.15, 0.2) is 63.3 Å². The number of aliphatic imine (C=N–C) groups is 1. The third kappa shape index (κ3) is 7.28. The Morgan fingerprint density at radius 3 is 2.36 bits per heavy atom. The molecule has 3 N–H and O–H groups in total. The second-order valence-corrected chi connectivity index (χ2v) is 8.76. The Hall–Kier alpha value is -2.43. The van der Waals surface area contributed by atoms with E-state index in [9.17, 15) is 4.79 Å². The lowest BCUT2D eigenvalue weighted by molar-refractivity contribution is -0.145. The number of carboxylic acids is 1. The summed E-state index contributed by atoms with van der Waals surface area (Å²) in [7, 11) is 0. The van der Waals surface area contributed by atoms with Crippen molar-refractivity contribution in [2.45, 2.75) is 22.8 Å². The van der Waals surface area contributed by atoms with Gasteiger partial charge in [0.1, 0.15) is 11.9 Å². The quantitative estimate of drug-likeness (QED) is 0.549. The van der Waals surface area contributed by atoms with Crippen molar-refractivity contribution in [2.75, 3.05) is 52.5 Å². The summed E-state index contributed by atoms with van der Waals surface area (Å²) in [5.41, 5.74) is 2.27. The molecule has 4 rings (SSSR count). The molecule has 0 radical (unpaired) electrons. The monoisotopic (exact) mass is 473 g/mol. The molecule has 2 aliphatic heterocycles. The molecule has 1 saturated heterocycles. The van der Waals surface area contributed by atoms with Crippen LogP contribution in [-0.4, -0.2) is 95.6 Å². The van der Waals surface area contributed by atoms with Gasteiger partial charge in [0, 0.05) is 48.1 Å². The summed E-state index contributed by atoms with van der Waals surface area (Å²) in [4.78, 5) is 21.8. The third-order valence-electron chi connectivity index (χ3n) is 5.26. The van der Waals surface area contributed by atoms with Gasteiger partial charge in [-0.3, -0.25) is 4.90 Å². The number of aliphatic carboxylic acids is 1. The van der Waals surface area contributed by atoms with E-state index >= 15 is 0 Å². The van der Waals surface area contributed by atoms with E-state index in [0.717, 1.165) is 44.2 Å². The molecule has 2 aliphatic rings. The van der Waals surface area contributed by atoms with Crippen LogP contribution in [-0.2, 0) is 9.53 Å². The number of ether oxygens (including phenoxy) is 1. The molecule has 0 bridgehead atoms. The van der Waals surface area contributed by atoms with Crippen molar-refractivity contribution < 1.29 is 24.9 Å². The zero-order valence-corrected chi connectivity index (χ0v) is 19.6. The van der Waals surface area contributed by atoms with Gasteiger partial charge in [0.2, 0.25) is 0 Å². The Labute approximate surface area is 198 Å². The van der Waals surface area contributed by atoms with E-state index in [4.69, 9.17) is 25.0 Å². The summed E-state index contributed by atoms with van der Waals surface area (Å²) in [6.07, 6.45) is -1.23. The number of carbonyl (C=O) groups is 1. The van der Waals surface area contributed by atoms with Crippen molar-refractivity contribution >= 4 is 29.3 Å². The minimum Gasteiger partial charge on any atom is -0.479 e. The highest BCUT2D eigenvalue weighted by atomic mass is 32.2. The fourth-order valence-corrected chi connectivity index (χ4v) is 4.47. The molecule has 1 atom stereocenters. The van der Waals surface area contributed by atoms with E-state index in [1.54, 1.807) is 11.8 Å². The Morgan fingerprint density at radius 2 is 1.70 bits per heavy atom.